The van der Waals surface area contributed by atoms with Crippen molar-refractivity contribution in [1.82, 2.24) is 15.8 Å². The molecule has 0 spiro atoms. The highest BCUT2D eigenvalue weighted by molar-refractivity contribution is 7.80. The fourth-order valence-corrected chi connectivity index (χ4v) is 1.28. The summed E-state index contributed by atoms with van der Waals surface area (Å²) in [6, 6.07) is 0. The second-order valence-corrected chi connectivity index (χ2v) is 3.73. The maximum Gasteiger partial charge on any atom is 0.180 e. The van der Waals surface area contributed by atoms with Crippen LogP contribution in [0.4, 0.5) is 0 Å². The van der Waals surface area contributed by atoms with Crippen LogP contribution in [0, 0.1) is 0 Å². The molecule has 0 radical (unpaired) electrons. The summed E-state index contributed by atoms with van der Waals surface area (Å²) in [7, 11) is 3.84. The molecule has 0 amide bonds. The summed E-state index contributed by atoms with van der Waals surface area (Å²) < 4.78 is 0. The van der Waals surface area contributed by atoms with E-state index in [-0.39, 0.29) is 0 Å². The van der Waals surface area contributed by atoms with E-state index in [9.17, 15) is 0 Å². The molecule has 13 heavy (non-hydrogen) atoms. The second-order valence-electron chi connectivity index (χ2n) is 3.32. The Morgan fingerprint density at radius 3 is 2.46 bits per heavy atom. The van der Waals surface area contributed by atoms with Gasteiger partial charge in [0.2, 0.25) is 0 Å². The molecule has 0 aliphatic carbocycles. The zero-order chi connectivity index (χ0) is 10.1. The van der Waals surface area contributed by atoms with Crippen LogP contribution in [0.2, 0.25) is 0 Å². The van der Waals surface area contributed by atoms with Crippen molar-refractivity contribution < 1.29 is 0 Å². The summed E-state index contributed by atoms with van der Waals surface area (Å²) in [5.74, 6) is 0. The van der Waals surface area contributed by atoms with Crippen molar-refractivity contribution in [2.24, 2.45) is 0 Å². The van der Waals surface area contributed by atoms with Crippen molar-refractivity contribution in [3.05, 3.63) is 0 Å². The van der Waals surface area contributed by atoms with Crippen LogP contribution in [0.15, 0.2) is 0 Å². The summed E-state index contributed by atoms with van der Waals surface area (Å²) in [6.45, 7) is 3.19. The van der Waals surface area contributed by atoms with Crippen LogP contribution in [-0.4, -0.2) is 30.8 Å². The van der Waals surface area contributed by atoms with E-state index in [1.54, 1.807) is 0 Å². The van der Waals surface area contributed by atoms with Crippen LogP contribution in [0.1, 0.15) is 32.6 Å². The average Bonchev–Trinajstić information content (AvgIpc) is 2.02. The van der Waals surface area contributed by atoms with E-state index in [0.717, 1.165) is 6.54 Å². The molecule has 0 aliphatic heterocycles. The van der Waals surface area contributed by atoms with Crippen molar-refractivity contribution in [3.63, 3.8) is 0 Å². The van der Waals surface area contributed by atoms with Gasteiger partial charge in [-0.2, -0.15) is 0 Å². The predicted molar refractivity (Wildman–Crippen MR) is 61.6 cm³/mol. The Balaban J connectivity index is 3.17. The van der Waals surface area contributed by atoms with Gasteiger partial charge in [-0.15, -0.1) is 0 Å². The minimum absolute atomic E-state index is 0.710. The van der Waals surface area contributed by atoms with E-state index >= 15 is 0 Å². The smallest absolute Gasteiger partial charge is 0.180 e. The molecule has 78 valence electrons. The molecule has 0 aromatic rings. The zero-order valence-corrected chi connectivity index (χ0v) is 9.71. The van der Waals surface area contributed by atoms with E-state index in [0.29, 0.717) is 5.11 Å². The lowest BCUT2D eigenvalue weighted by molar-refractivity contribution is 0.359. The van der Waals surface area contributed by atoms with Crippen LogP contribution in [-0.2, 0) is 0 Å². The molecule has 0 rings (SSSR count). The van der Waals surface area contributed by atoms with Gasteiger partial charge >= 0.3 is 0 Å². The Morgan fingerprint density at radius 2 is 1.92 bits per heavy atom. The third kappa shape index (κ3) is 9.56. The van der Waals surface area contributed by atoms with Gasteiger partial charge in [0, 0.05) is 20.6 Å². The molecule has 0 saturated heterocycles. The van der Waals surface area contributed by atoms with Crippen LogP contribution in [0.25, 0.3) is 0 Å². The largest absolute Gasteiger partial charge is 0.362 e. The molecule has 0 aliphatic rings. The minimum Gasteiger partial charge on any atom is -0.362 e. The van der Waals surface area contributed by atoms with E-state index in [2.05, 4.69) is 17.7 Å². The Kier molecular flexibility index (Phi) is 8.04. The number of hydrogen-bond donors (Lipinski definition) is 2. The first-order valence-corrected chi connectivity index (χ1v) is 5.29. The van der Waals surface area contributed by atoms with Crippen LogP contribution in [0.5, 0.6) is 0 Å². The summed E-state index contributed by atoms with van der Waals surface area (Å²) in [5, 5.41) is 5.70. The van der Waals surface area contributed by atoms with E-state index in [1.807, 2.05) is 19.1 Å². The minimum atomic E-state index is 0.710. The fraction of sp³-hybridized carbons (Fsp3) is 0.889. The molecule has 4 heteroatoms. The number of thiocarbonyl (C=S) groups is 1. The lowest BCUT2D eigenvalue weighted by Gasteiger charge is -2.15. The molecule has 0 aromatic carbocycles. The number of nitrogens with zero attached hydrogens (tertiary/aromatic N) is 1. The van der Waals surface area contributed by atoms with Crippen molar-refractivity contribution in [3.8, 4) is 0 Å². The van der Waals surface area contributed by atoms with E-state index in [4.69, 9.17) is 12.2 Å². The third-order valence-corrected chi connectivity index (χ3v) is 1.88. The monoisotopic (exact) mass is 203 g/mol. The van der Waals surface area contributed by atoms with Crippen LogP contribution < -0.4 is 10.7 Å². The number of rotatable bonds is 6. The maximum atomic E-state index is 5.04. The summed E-state index contributed by atoms with van der Waals surface area (Å²) in [6.07, 6.45) is 5.08. The molecule has 3 nitrogen and oxygen atoms in total. The van der Waals surface area contributed by atoms with Gasteiger partial charge < -0.3 is 5.32 Å². The van der Waals surface area contributed by atoms with E-state index < -0.39 is 0 Å². The fourth-order valence-electron chi connectivity index (χ4n) is 0.996. The summed E-state index contributed by atoms with van der Waals surface area (Å²) in [5.41, 5.74) is 2.99. The summed E-state index contributed by atoms with van der Waals surface area (Å²) in [4.78, 5) is 0. The molecule has 0 heterocycles. The van der Waals surface area contributed by atoms with Gasteiger partial charge in [-0.25, -0.2) is 5.01 Å². The Morgan fingerprint density at radius 1 is 1.23 bits per heavy atom. The Labute approximate surface area is 86.8 Å². The lowest BCUT2D eigenvalue weighted by Crippen LogP contribution is -2.43. The first-order chi connectivity index (χ1) is 6.16. The molecule has 0 fully saturated rings. The first kappa shape index (κ1) is 12.7. The first-order valence-electron chi connectivity index (χ1n) is 4.88. The molecular formula is C9H21N3S. The normalized spacial score (nSPS) is 10.2. The summed E-state index contributed by atoms with van der Waals surface area (Å²) >= 11 is 5.04. The topological polar surface area (TPSA) is 27.3 Å². The van der Waals surface area contributed by atoms with E-state index in [1.165, 1.54) is 25.7 Å². The molecule has 0 unspecified atom stereocenters. The number of hydrogen-bond acceptors (Lipinski definition) is 2. The highest BCUT2D eigenvalue weighted by atomic mass is 32.1. The highest BCUT2D eigenvalue weighted by Gasteiger charge is 1.94. The molecular weight excluding hydrogens is 182 g/mol. The number of hydrazine groups is 1. The van der Waals surface area contributed by atoms with Gasteiger partial charge in [0.15, 0.2) is 5.11 Å². The second kappa shape index (κ2) is 8.26. The van der Waals surface area contributed by atoms with Gasteiger partial charge in [0.05, 0.1) is 0 Å². The van der Waals surface area contributed by atoms with Crippen LogP contribution in [0.3, 0.4) is 0 Å². The van der Waals surface area contributed by atoms with Gasteiger partial charge in [-0.3, -0.25) is 5.43 Å². The van der Waals surface area contributed by atoms with Gasteiger partial charge in [0.1, 0.15) is 0 Å². The van der Waals surface area contributed by atoms with Crippen molar-refractivity contribution >= 4 is 17.3 Å². The third-order valence-electron chi connectivity index (χ3n) is 1.64. The quantitative estimate of drug-likeness (QED) is 0.389. The average molecular weight is 203 g/mol. The molecule has 0 saturated carbocycles. The van der Waals surface area contributed by atoms with Gasteiger partial charge in [-0.1, -0.05) is 26.2 Å². The number of unbranched alkanes of at least 4 members (excludes halogenated alkanes) is 3. The van der Waals surface area contributed by atoms with Crippen molar-refractivity contribution in [2.75, 3.05) is 20.6 Å². The maximum absolute atomic E-state index is 5.04. The standard InChI is InChI=1S/C9H21N3S/c1-4-5-6-7-8-10-9(13)11-12(2)3/h4-8H2,1-3H3,(H2,10,11,13). The Hall–Kier alpha value is -0.350. The zero-order valence-electron chi connectivity index (χ0n) is 8.89. The predicted octanol–water partition coefficient (Wildman–Crippen LogP) is 1.51. The van der Waals surface area contributed by atoms with Crippen molar-refractivity contribution in [1.29, 1.82) is 0 Å². The number of nitrogens with one attached hydrogen (secondary N) is 2. The SMILES string of the molecule is CCCCCCNC(=S)NN(C)C. The molecule has 0 bridgehead atoms. The van der Waals surface area contributed by atoms with Gasteiger partial charge in [0.25, 0.3) is 0 Å². The Bertz CT molecular complexity index is 137. The molecule has 2 N–H and O–H groups in total. The lowest BCUT2D eigenvalue weighted by atomic mass is 10.2. The van der Waals surface area contributed by atoms with Gasteiger partial charge in [-0.05, 0) is 18.6 Å². The molecule has 0 aromatic heterocycles. The molecule has 0 atom stereocenters. The van der Waals surface area contributed by atoms with Crippen LogP contribution >= 0.6 is 12.2 Å². The highest BCUT2D eigenvalue weighted by Crippen LogP contribution is 1.96. The van der Waals surface area contributed by atoms with Crippen molar-refractivity contribution in [2.45, 2.75) is 32.6 Å².